The van der Waals surface area contributed by atoms with Crippen molar-refractivity contribution in [3.05, 3.63) is 0 Å². The Balaban J connectivity index is 2.78. The van der Waals surface area contributed by atoms with Gasteiger partial charge in [-0.25, -0.2) is 8.42 Å². The number of carboxylic acids is 1. The summed E-state index contributed by atoms with van der Waals surface area (Å²) in [4.78, 5) is 10.4. The van der Waals surface area contributed by atoms with Crippen molar-refractivity contribution in [2.24, 2.45) is 0 Å². The predicted octanol–water partition coefficient (Wildman–Crippen LogP) is 0.179. The number of carbonyl (C=O) groups is 1. The highest BCUT2D eigenvalue weighted by molar-refractivity contribution is 7.91. The fraction of sp³-hybridized carbons (Fsp3) is 0.889. The highest BCUT2D eigenvalue weighted by Gasteiger charge is 2.46. The minimum absolute atomic E-state index is 0.0140. The van der Waals surface area contributed by atoms with Crippen LogP contribution in [0.3, 0.4) is 0 Å². The van der Waals surface area contributed by atoms with Crippen LogP contribution in [0.15, 0.2) is 0 Å². The minimum atomic E-state index is -3.30. The molecule has 5 nitrogen and oxygen atoms in total. The molecule has 2 unspecified atom stereocenters. The first-order valence-electron chi connectivity index (χ1n) is 4.89. The van der Waals surface area contributed by atoms with Crippen LogP contribution in [0, 0.1) is 0 Å². The highest BCUT2D eigenvalue weighted by atomic mass is 32.2. The van der Waals surface area contributed by atoms with Crippen LogP contribution in [0.1, 0.15) is 32.1 Å². The molecular weight excluding hydrogens is 220 g/mol. The standard InChI is InChI=1S/C9H16O5S/c1-15(13,14)7-3-2-5-9(7,12)6-4-8(10)11/h7,12H,2-6H2,1H3,(H,10,11). The zero-order valence-electron chi connectivity index (χ0n) is 8.64. The van der Waals surface area contributed by atoms with Gasteiger partial charge in [-0.3, -0.25) is 4.79 Å². The summed E-state index contributed by atoms with van der Waals surface area (Å²) in [7, 11) is -3.30. The molecule has 0 radical (unpaired) electrons. The number of aliphatic hydroxyl groups is 1. The van der Waals surface area contributed by atoms with E-state index in [0.717, 1.165) is 6.26 Å². The fourth-order valence-electron chi connectivity index (χ4n) is 2.25. The molecule has 1 rings (SSSR count). The SMILES string of the molecule is CS(=O)(=O)C1CCCC1(O)CCC(=O)O. The van der Waals surface area contributed by atoms with E-state index in [1.54, 1.807) is 0 Å². The van der Waals surface area contributed by atoms with Gasteiger partial charge < -0.3 is 10.2 Å². The maximum Gasteiger partial charge on any atom is 0.303 e. The molecule has 0 spiro atoms. The molecule has 2 N–H and O–H groups in total. The number of aliphatic carboxylic acids is 1. The average Bonchev–Trinajstić information content (AvgIpc) is 2.44. The summed E-state index contributed by atoms with van der Waals surface area (Å²) >= 11 is 0. The van der Waals surface area contributed by atoms with E-state index in [4.69, 9.17) is 5.11 Å². The van der Waals surface area contributed by atoms with Crippen molar-refractivity contribution in [3.8, 4) is 0 Å². The maximum atomic E-state index is 11.4. The van der Waals surface area contributed by atoms with E-state index in [2.05, 4.69) is 0 Å². The first-order chi connectivity index (χ1) is 6.76. The third kappa shape index (κ3) is 2.92. The molecule has 88 valence electrons. The number of rotatable bonds is 4. The summed E-state index contributed by atoms with van der Waals surface area (Å²) in [5.41, 5.74) is -1.34. The number of sulfone groups is 1. The number of carboxylic acid groups (broad SMARTS) is 1. The van der Waals surface area contributed by atoms with Crippen LogP contribution < -0.4 is 0 Å². The second-order valence-electron chi connectivity index (χ2n) is 4.21. The van der Waals surface area contributed by atoms with Crippen molar-refractivity contribution in [1.29, 1.82) is 0 Å². The van der Waals surface area contributed by atoms with Gasteiger partial charge in [0.15, 0.2) is 9.84 Å². The Hall–Kier alpha value is -0.620. The second-order valence-corrected chi connectivity index (χ2v) is 6.44. The van der Waals surface area contributed by atoms with E-state index in [1.165, 1.54) is 0 Å². The Morgan fingerprint density at radius 3 is 2.60 bits per heavy atom. The molecule has 0 aromatic heterocycles. The Morgan fingerprint density at radius 1 is 1.53 bits per heavy atom. The largest absolute Gasteiger partial charge is 0.481 e. The Bertz CT molecular complexity index is 348. The highest BCUT2D eigenvalue weighted by Crippen LogP contribution is 2.37. The summed E-state index contributed by atoms with van der Waals surface area (Å²) in [5.74, 6) is -1.01. The normalized spacial score (nSPS) is 31.7. The van der Waals surface area contributed by atoms with Crippen molar-refractivity contribution in [2.75, 3.05) is 6.26 Å². The van der Waals surface area contributed by atoms with E-state index >= 15 is 0 Å². The van der Waals surface area contributed by atoms with Gasteiger partial charge in [-0.15, -0.1) is 0 Å². The molecule has 1 aliphatic rings. The lowest BCUT2D eigenvalue weighted by molar-refractivity contribution is -0.138. The molecule has 0 saturated heterocycles. The smallest absolute Gasteiger partial charge is 0.303 e. The van der Waals surface area contributed by atoms with Gasteiger partial charge in [-0.2, -0.15) is 0 Å². The Morgan fingerprint density at radius 2 is 2.13 bits per heavy atom. The third-order valence-electron chi connectivity index (χ3n) is 2.96. The minimum Gasteiger partial charge on any atom is -0.481 e. The zero-order valence-corrected chi connectivity index (χ0v) is 9.46. The Kier molecular flexibility index (Phi) is 3.40. The maximum absolute atomic E-state index is 11.4. The quantitative estimate of drug-likeness (QED) is 0.726. The van der Waals surface area contributed by atoms with E-state index in [-0.39, 0.29) is 12.8 Å². The molecule has 1 fully saturated rings. The Labute approximate surface area is 89.0 Å². The fourth-order valence-corrected chi connectivity index (χ4v) is 3.87. The van der Waals surface area contributed by atoms with Gasteiger partial charge in [-0.1, -0.05) is 0 Å². The lowest BCUT2D eigenvalue weighted by Gasteiger charge is -2.28. The second kappa shape index (κ2) is 4.09. The molecule has 0 amide bonds. The molecule has 0 aromatic rings. The third-order valence-corrected chi connectivity index (χ3v) is 4.67. The summed E-state index contributed by atoms with van der Waals surface area (Å²) < 4.78 is 22.8. The lowest BCUT2D eigenvalue weighted by atomic mass is 9.96. The number of hydrogen-bond acceptors (Lipinski definition) is 4. The average molecular weight is 236 g/mol. The van der Waals surface area contributed by atoms with Crippen LogP contribution in [0.25, 0.3) is 0 Å². The van der Waals surface area contributed by atoms with Crippen LogP contribution >= 0.6 is 0 Å². The molecule has 15 heavy (non-hydrogen) atoms. The van der Waals surface area contributed by atoms with Gasteiger partial charge in [0.2, 0.25) is 0 Å². The zero-order chi connectivity index (χ0) is 11.7. The predicted molar refractivity (Wildman–Crippen MR) is 54.3 cm³/mol. The molecule has 1 aliphatic carbocycles. The van der Waals surface area contributed by atoms with Gasteiger partial charge in [0, 0.05) is 12.7 Å². The monoisotopic (exact) mass is 236 g/mol. The molecule has 2 atom stereocenters. The van der Waals surface area contributed by atoms with Crippen molar-refractivity contribution < 1.29 is 23.4 Å². The molecule has 0 heterocycles. The van der Waals surface area contributed by atoms with Crippen LogP contribution in [0.4, 0.5) is 0 Å². The molecule has 0 aliphatic heterocycles. The molecular formula is C9H16O5S. The van der Waals surface area contributed by atoms with Crippen LogP contribution in [0.5, 0.6) is 0 Å². The van der Waals surface area contributed by atoms with Crippen molar-refractivity contribution in [1.82, 2.24) is 0 Å². The molecule has 6 heteroatoms. The summed E-state index contributed by atoms with van der Waals surface area (Å²) in [6.45, 7) is 0. The van der Waals surface area contributed by atoms with E-state index in [9.17, 15) is 18.3 Å². The van der Waals surface area contributed by atoms with Gasteiger partial charge in [-0.05, 0) is 25.7 Å². The van der Waals surface area contributed by atoms with E-state index in [0.29, 0.717) is 19.3 Å². The van der Waals surface area contributed by atoms with E-state index < -0.39 is 26.7 Å². The van der Waals surface area contributed by atoms with Crippen LogP contribution in [-0.2, 0) is 14.6 Å². The van der Waals surface area contributed by atoms with Crippen molar-refractivity contribution in [2.45, 2.75) is 43.0 Å². The molecule has 0 bridgehead atoms. The van der Waals surface area contributed by atoms with E-state index in [1.807, 2.05) is 0 Å². The summed E-state index contributed by atoms with van der Waals surface area (Å²) in [5, 5.41) is 17.8. The van der Waals surface area contributed by atoms with Gasteiger partial charge >= 0.3 is 5.97 Å². The van der Waals surface area contributed by atoms with Gasteiger partial charge in [0.05, 0.1) is 10.9 Å². The summed E-state index contributed by atoms with van der Waals surface area (Å²) in [6, 6.07) is 0. The van der Waals surface area contributed by atoms with Gasteiger partial charge in [0.25, 0.3) is 0 Å². The summed E-state index contributed by atoms with van der Waals surface area (Å²) in [6.07, 6.45) is 2.35. The van der Waals surface area contributed by atoms with Crippen molar-refractivity contribution >= 4 is 15.8 Å². The number of hydrogen-bond donors (Lipinski definition) is 2. The first-order valence-corrected chi connectivity index (χ1v) is 6.84. The molecule has 1 saturated carbocycles. The van der Waals surface area contributed by atoms with Crippen molar-refractivity contribution in [3.63, 3.8) is 0 Å². The van der Waals surface area contributed by atoms with Crippen LogP contribution in [-0.4, -0.2) is 41.7 Å². The van der Waals surface area contributed by atoms with Gasteiger partial charge in [0.1, 0.15) is 0 Å². The first kappa shape index (κ1) is 12.4. The molecule has 0 aromatic carbocycles. The topological polar surface area (TPSA) is 91.7 Å². The lowest BCUT2D eigenvalue weighted by Crippen LogP contribution is -2.42. The van der Waals surface area contributed by atoms with Crippen LogP contribution in [0.2, 0.25) is 0 Å².